The highest BCUT2D eigenvalue weighted by Gasteiger charge is 2.49. The number of hydrogen-bond donors (Lipinski definition) is 1. The Kier molecular flexibility index (Phi) is 5.06. The number of carboxylic acids is 1. The van der Waals surface area contributed by atoms with Crippen LogP contribution in [0.15, 0.2) is 47.5 Å². The van der Waals surface area contributed by atoms with Gasteiger partial charge in [-0.1, -0.05) is 12.1 Å². The molecule has 0 bridgehead atoms. The van der Waals surface area contributed by atoms with E-state index >= 15 is 0 Å². The first kappa shape index (κ1) is 19.9. The van der Waals surface area contributed by atoms with E-state index in [2.05, 4.69) is 9.80 Å². The van der Waals surface area contributed by atoms with Gasteiger partial charge >= 0.3 is 5.97 Å². The van der Waals surface area contributed by atoms with Crippen molar-refractivity contribution in [3.8, 4) is 17.2 Å². The number of amidine groups is 1. The zero-order valence-corrected chi connectivity index (χ0v) is 17.7. The Morgan fingerprint density at radius 1 is 1.13 bits per heavy atom. The minimum atomic E-state index is -0.636. The largest absolute Gasteiger partial charge is 0.497 e. The van der Waals surface area contributed by atoms with E-state index in [1.807, 2.05) is 42.5 Å². The van der Waals surface area contributed by atoms with Gasteiger partial charge in [0.1, 0.15) is 23.0 Å². The Bertz CT molecular complexity index is 1020. The predicted molar refractivity (Wildman–Crippen MR) is 118 cm³/mol. The maximum absolute atomic E-state index is 11.5. The van der Waals surface area contributed by atoms with Crippen LogP contribution >= 0.6 is 0 Å². The number of benzene rings is 2. The molecule has 1 saturated heterocycles. The lowest BCUT2D eigenvalue weighted by Crippen LogP contribution is -2.49. The average molecular weight is 421 g/mol. The molecule has 162 valence electrons. The van der Waals surface area contributed by atoms with Gasteiger partial charge in [0.25, 0.3) is 0 Å². The summed E-state index contributed by atoms with van der Waals surface area (Å²) < 4.78 is 11.6. The summed E-state index contributed by atoms with van der Waals surface area (Å²) in [5, 5.41) is 9.42. The number of aliphatic carboxylic acids is 1. The van der Waals surface area contributed by atoms with Crippen molar-refractivity contribution in [2.75, 3.05) is 39.8 Å². The number of para-hydroxylation sites is 2. The highest BCUT2D eigenvalue weighted by Crippen LogP contribution is 2.49. The molecule has 2 aromatic rings. The molecule has 31 heavy (non-hydrogen) atoms. The van der Waals surface area contributed by atoms with Gasteiger partial charge in [-0.2, -0.15) is 0 Å². The van der Waals surface area contributed by atoms with Crippen LogP contribution in [-0.4, -0.2) is 66.5 Å². The van der Waals surface area contributed by atoms with Gasteiger partial charge in [-0.15, -0.1) is 0 Å². The molecule has 0 radical (unpaired) electrons. The second-order valence-corrected chi connectivity index (χ2v) is 8.53. The first-order valence-corrected chi connectivity index (χ1v) is 10.8. The van der Waals surface area contributed by atoms with Crippen molar-refractivity contribution >= 4 is 17.5 Å². The highest BCUT2D eigenvalue weighted by molar-refractivity contribution is 6.04. The Hall–Kier alpha value is -3.06. The summed E-state index contributed by atoms with van der Waals surface area (Å²) in [4.78, 5) is 21.1. The van der Waals surface area contributed by atoms with E-state index in [4.69, 9.17) is 14.5 Å². The van der Waals surface area contributed by atoms with Gasteiger partial charge in [-0.3, -0.25) is 9.69 Å². The van der Waals surface area contributed by atoms with Gasteiger partial charge in [0.2, 0.25) is 0 Å². The van der Waals surface area contributed by atoms with Crippen molar-refractivity contribution in [1.82, 2.24) is 9.80 Å². The van der Waals surface area contributed by atoms with E-state index in [-0.39, 0.29) is 0 Å². The molecule has 1 aliphatic carbocycles. The quantitative estimate of drug-likeness (QED) is 0.793. The summed E-state index contributed by atoms with van der Waals surface area (Å²) in [7, 11) is 1.66. The summed E-state index contributed by atoms with van der Waals surface area (Å²) >= 11 is 0. The molecule has 0 spiro atoms. The van der Waals surface area contributed by atoms with E-state index < -0.39 is 11.4 Å². The van der Waals surface area contributed by atoms with Gasteiger partial charge < -0.3 is 19.5 Å². The number of piperazine rings is 1. The van der Waals surface area contributed by atoms with E-state index in [1.165, 1.54) is 0 Å². The normalized spacial score (nSPS) is 19.4. The van der Waals surface area contributed by atoms with Crippen molar-refractivity contribution in [3.63, 3.8) is 0 Å². The van der Waals surface area contributed by atoms with Crippen LogP contribution in [0.25, 0.3) is 0 Å². The number of carboxylic acid groups (broad SMARTS) is 1. The summed E-state index contributed by atoms with van der Waals surface area (Å²) in [5.41, 5.74) is 1.28. The summed E-state index contributed by atoms with van der Waals surface area (Å²) in [6.45, 7) is 4.27. The van der Waals surface area contributed by atoms with Crippen LogP contribution in [0.4, 0.5) is 5.69 Å². The van der Waals surface area contributed by atoms with Gasteiger partial charge in [0.05, 0.1) is 18.1 Å². The lowest BCUT2D eigenvalue weighted by molar-refractivity contribution is -0.143. The topological polar surface area (TPSA) is 74.6 Å². The smallest absolute Gasteiger partial charge is 0.309 e. The van der Waals surface area contributed by atoms with Crippen molar-refractivity contribution in [2.24, 2.45) is 10.4 Å². The van der Waals surface area contributed by atoms with Gasteiger partial charge in [0, 0.05) is 26.2 Å². The SMILES string of the molecule is COc1ccc2c(c1)C(N1CCN(CCC3(C(=O)O)CC3)CC1)=Nc1ccccc1O2. The standard InChI is InChI=1S/C24H27N3O4/c1-30-17-6-7-20-18(16-17)22(25-19-4-2-3-5-21(19)31-20)27-14-12-26(13-15-27)11-10-24(8-9-24)23(28)29/h2-7,16H,8-15H2,1H3,(H,28,29). The molecule has 5 rings (SSSR count). The molecule has 0 aromatic heterocycles. The van der Waals surface area contributed by atoms with Gasteiger partial charge in [0.15, 0.2) is 5.75 Å². The second-order valence-electron chi connectivity index (χ2n) is 8.53. The first-order valence-electron chi connectivity index (χ1n) is 10.8. The Labute approximate surface area is 181 Å². The average Bonchev–Trinajstić information content (AvgIpc) is 3.61. The molecule has 0 atom stereocenters. The van der Waals surface area contributed by atoms with Crippen LogP contribution in [0.2, 0.25) is 0 Å². The molecule has 7 nitrogen and oxygen atoms in total. The summed E-state index contributed by atoms with van der Waals surface area (Å²) in [6, 6.07) is 13.6. The summed E-state index contributed by atoms with van der Waals surface area (Å²) in [6.07, 6.45) is 2.37. The van der Waals surface area contributed by atoms with Gasteiger partial charge in [-0.05, 0) is 56.1 Å². The molecule has 0 unspecified atom stereocenters. The molecule has 0 amide bonds. The maximum Gasteiger partial charge on any atom is 0.309 e. The van der Waals surface area contributed by atoms with E-state index in [9.17, 15) is 9.90 Å². The molecule has 3 aliphatic rings. The van der Waals surface area contributed by atoms with E-state index in [0.29, 0.717) is 0 Å². The highest BCUT2D eigenvalue weighted by atomic mass is 16.5. The zero-order valence-electron chi connectivity index (χ0n) is 17.7. The van der Waals surface area contributed by atoms with E-state index in [0.717, 1.165) is 86.3 Å². The molecule has 2 heterocycles. The van der Waals surface area contributed by atoms with Crippen molar-refractivity contribution < 1.29 is 19.4 Å². The minimum absolute atomic E-state index is 0.459. The molecule has 2 aromatic carbocycles. The van der Waals surface area contributed by atoms with Crippen LogP contribution in [0, 0.1) is 5.41 Å². The Balaban J connectivity index is 1.36. The molecular formula is C24H27N3O4. The Morgan fingerprint density at radius 3 is 2.61 bits per heavy atom. The monoisotopic (exact) mass is 421 g/mol. The number of ether oxygens (including phenoxy) is 2. The number of rotatable bonds is 5. The Morgan fingerprint density at radius 2 is 1.90 bits per heavy atom. The van der Waals surface area contributed by atoms with Crippen LogP contribution in [-0.2, 0) is 4.79 Å². The minimum Gasteiger partial charge on any atom is -0.497 e. The fourth-order valence-electron chi connectivity index (χ4n) is 4.35. The fourth-order valence-corrected chi connectivity index (χ4v) is 4.35. The number of hydrogen-bond acceptors (Lipinski definition) is 6. The molecule has 1 saturated carbocycles. The van der Waals surface area contributed by atoms with Crippen LogP contribution in [0.5, 0.6) is 17.2 Å². The number of carbonyl (C=O) groups is 1. The maximum atomic E-state index is 11.5. The number of nitrogens with zero attached hydrogens (tertiary/aromatic N) is 3. The second kappa shape index (κ2) is 7.89. The zero-order chi connectivity index (χ0) is 21.4. The number of fused-ring (bicyclic) bond motifs is 2. The van der Waals surface area contributed by atoms with Crippen molar-refractivity contribution in [1.29, 1.82) is 0 Å². The third-order valence-electron chi connectivity index (χ3n) is 6.62. The third-order valence-corrected chi connectivity index (χ3v) is 6.62. The van der Waals surface area contributed by atoms with Crippen molar-refractivity contribution in [3.05, 3.63) is 48.0 Å². The molecular weight excluding hydrogens is 394 g/mol. The third kappa shape index (κ3) is 3.85. The molecule has 1 N–H and O–H groups in total. The van der Waals surface area contributed by atoms with Crippen LogP contribution in [0.1, 0.15) is 24.8 Å². The van der Waals surface area contributed by atoms with Crippen molar-refractivity contribution in [2.45, 2.75) is 19.3 Å². The first-order chi connectivity index (χ1) is 15.1. The van der Waals surface area contributed by atoms with Gasteiger partial charge in [-0.25, -0.2) is 4.99 Å². The molecule has 7 heteroatoms. The predicted octanol–water partition coefficient (Wildman–Crippen LogP) is 3.75. The number of methoxy groups -OCH3 is 1. The van der Waals surface area contributed by atoms with Crippen LogP contribution in [0.3, 0.4) is 0 Å². The fraction of sp³-hybridized carbons (Fsp3) is 0.417. The lowest BCUT2D eigenvalue weighted by Gasteiger charge is -2.37. The van der Waals surface area contributed by atoms with Crippen LogP contribution < -0.4 is 9.47 Å². The number of aliphatic imine (C=N–C) groups is 1. The molecule has 2 aliphatic heterocycles. The lowest BCUT2D eigenvalue weighted by atomic mass is 10.0. The van der Waals surface area contributed by atoms with E-state index in [1.54, 1.807) is 7.11 Å². The molecule has 2 fully saturated rings. The summed E-state index contributed by atoms with van der Waals surface area (Å²) in [5.74, 6) is 2.53.